The first-order chi connectivity index (χ1) is 14.7. The summed E-state index contributed by atoms with van der Waals surface area (Å²) in [5.41, 5.74) is 4.57. The number of rotatable bonds is 7. The maximum atomic E-state index is 5.56. The maximum Gasteiger partial charge on any atom is 0.213 e. The molecule has 1 spiro atoms. The van der Waals surface area contributed by atoms with Gasteiger partial charge in [0, 0.05) is 24.5 Å². The highest BCUT2D eigenvalue weighted by molar-refractivity contribution is 8.15. The second kappa shape index (κ2) is 9.46. The van der Waals surface area contributed by atoms with E-state index in [0.29, 0.717) is 17.5 Å². The van der Waals surface area contributed by atoms with E-state index in [0.717, 1.165) is 48.0 Å². The van der Waals surface area contributed by atoms with E-state index in [1.54, 1.807) is 44.3 Å². The number of hydrogen-bond donors (Lipinski definition) is 2. The molecule has 1 fully saturated rings. The third kappa shape index (κ3) is 4.75. The lowest BCUT2D eigenvalue weighted by Crippen LogP contribution is -2.38. The number of benzene rings is 1. The van der Waals surface area contributed by atoms with Crippen molar-refractivity contribution in [1.82, 2.24) is 15.8 Å². The van der Waals surface area contributed by atoms with Crippen molar-refractivity contribution in [3.8, 4) is 17.4 Å². The fourth-order valence-electron chi connectivity index (χ4n) is 3.37. The lowest BCUT2D eigenvalue weighted by atomic mass is 10.0. The molecule has 0 amide bonds. The van der Waals surface area contributed by atoms with Gasteiger partial charge in [-0.05, 0) is 43.4 Å². The molecule has 9 heteroatoms. The Kier molecular flexibility index (Phi) is 6.51. The molecule has 1 aromatic heterocycles. The number of pyridine rings is 1. The summed E-state index contributed by atoms with van der Waals surface area (Å²) >= 11 is 1.58. The van der Waals surface area contributed by atoms with Gasteiger partial charge in [-0.15, -0.1) is 5.48 Å². The van der Waals surface area contributed by atoms with Crippen LogP contribution in [0.2, 0.25) is 0 Å². The van der Waals surface area contributed by atoms with Crippen LogP contribution in [-0.4, -0.2) is 54.6 Å². The average Bonchev–Trinajstić information content (AvgIpc) is 3.15. The smallest absolute Gasteiger partial charge is 0.213 e. The summed E-state index contributed by atoms with van der Waals surface area (Å²) in [5.74, 6) is 2.51. The Morgan fingerprint density at radius 1 is 1.00 bits per heavy atom. The van der Waals surface area contributed by atoms with Crippen molar-refractivity contribution in [2.24, 2.45) is 9.98 Å². The number of piperidine rings is 1. The number of methoxy groups -OCH3 is 2. The molecule has 158 valence electrons. The van der Waals surface area contributed by atoms with Crippen molar-refractivity contribution < 1.29 is 14.3 Å². The van der Waals surface area contributed by atoms with Gasteiger partial charge in [-0.3, -0.25) is 4.99 Å². The lowest BCUT2D eigenvalue weighted by molar-refractivity contribution is 0.216. The van der Waals surface area contributed by atoms with Crippen LogP contribution in [0.3, 0.4) is 0 Å². The van der Waals surface area contributed by atoms with Gasteiger partial charge >= 0.3 is 0 Å². The molecule has 2 aliphatic rings. The molecule has 2 aliphatic heterocycles. The van der Waals surface area contributed by atoms with Crippen molar-refractivity contribution >= 4 is 22.5 Å². The fourth-order valence-corrected chi connectivity index (χ4v) is 4.16. The standard InChI is InChI=1S/C21H25N5O3S/c1-27-16-5-3-15(4-6-16)19-20(26-21(25-19)9-11-22-12-10-21)30-14-24-29-17-7-8-18(28-2)23-13-17/h3-8,13,22,24H,9-12,14H2,1-2H3. The van der Waals surface area contributed by atoms with Gasteiger partial charge in [0.1, 0.15) is 10.8 Å². The van der Waals surface area contributed by atoms with E-state index in [2.05, 4.69) is 15.8 Å². The molecule has 0 bridgehead atoms. The molecule has 4 rings (SSSR count). The highest BCUT2D eigenvalue weighted by atomic mass is 32.2. The van der Waals surface area contributed by atoms with E-state index in [4.69, 9.17) is 24.3 Å². The molecule has 8 nitrogen and oxygen atoms in total. The van der Waals surface area contributed by atoms with Crippen LogP contribution in [0, 0.1) is 0 Å². The number of nitrogens with one attached hydrogen (secondary N) is 2. The Morgan fingerprint density at radius 2 is 1.77 bits per heavy atom. The summed E-state index contributed by atoms with van der Waals surface area (Å²) in [7, 11) is 3.25. The van der Waals surface area contributed by atoms with Gasteiger partial charge in [-0.1, -0.05) is 11.8 Å². The summed E-state index contributed by atoms with van der Waals surface area (Å²) in [6.07, 6.45) is 3.41. The van der Waals surface area contributed by atoms with E-state index in [-0.39, 0.29) is 5.66 Å². The zero-order chi connectivity index (χ0) is 20.8. The van der Waals surface area contributed by atoms with E-state index < -0.39 is 0 Å². The molecule has 0 aliphatic carbocycles. The molecule has 0 radical (unpaired) electrons. The number of hydroxylamine groups is 1. The molecule has 0 atom stereocenters. The van der Waals surface area contributed by atoms with Crippen molar-refractivity contribution in [2.75, 3.05) is 33.2 Å². The van der Waals surface area contributed by atoms with E-state index in [1.807, 2.05) is 24.3 Å². The third-order valence-electron chi connectivity index (χ3n) is 4.98. The largest absolute Gasteiger partial charge is 0.497 e. The van der Waals surface area contributed by atoms with Gasteiger partial charge in [-0.25, -0.2) is 9.98 Å². The van der Waals surface area contributed by atoms with Crippen molar-refractivity contribution in [3.63, 3.8) is 0 Å². The minimum atomic E-state index is -0.358. The number of aromatic nitrogens is 1. The summed E-state index contributed by atoms with van der Waals surface area (Å²) in [5, 5.41) is 4.31. The molecule has 0 unspecified atom stereocenters. The number of ether oxygens (including phenoxy) is 2. The van der Waals surface area contributed by atoms with E-state index in [9.17, 15) is 0 Å². The Morgan fingerprint density at radius 3 is 2.43 bits per heavy atom. The average molecular weight is 428 g/mol. The molecule has 2 N–H and O–H groups in total. The van der Waals surface area contributed by atoms with Crippen LogP contribution in [0.4, 0.5) is 0 Å². The zero-order valence-corrected chi connectivity index (χ0v) is 17.9. The zero-order valence-electron chi connectivity index (χ0n) is 17.1. The topological polar surface area (TPSA) is 89.4 Å². The Bertz CT molecular complexity index is 909. The number of hydrogen-bond acceptors (Lipinski definition) is 9. The Balaban J connectivity index is 1.43. The first-order valence-corrected chi connectivity index (χ1v) is 10.8. The molecule has 3 heterocycles. The minimum absolute atomic E-state index is 0.358. The second-order valence-electron chi connectivity index (χ2n) is 6.91. The van der Waals surface area contributed by atoms with Crippen molar-refractivity contribution in [2.45, 2.75) is 18.5 Å². The van der Waals surface area contributed by atoms with Crippen LogP contribution in [0.25, 0.3) is 0 Å². The predicted molar refractivity (Wildman–Crippen MR) is 119 cm³/mol. The van der Waals surface area contributed by atoms with Gasteiger partial charge in [0.2, 0.25) is 5.88 Å². The monoisotopic (exact) mass is 427 g/mol. The van der Waals surface area contributed by atoms with Crippen molar-refractivity contribution in [1.29, 1.82) is 0 Å². The lowest BCUT2D eigenvalue weighted by Gasteiger charge is -2.28. The maximum absolute atomic E-state index is 5.56. The van der Waals surface area contributed by atoms with Gasteiger partial charge in [0.15, 0.2) is 11.4 Å². The van der Waals surface area contributed by atoms with Gasteiger partial charge in [0.05, 0.1) is 32.0 Å². The quantitative estimate of drug-likeness (QED) is 0.399. The number of thioether (sulfide) groups is 1. The van der Waals surface area contributed by atoms with Gasteiger partial charge in [0.25, 0.3) is 0 Å². The summed E-state index contributed by atoms with van der Waals surface area (Å²) in [6.45, 7) is 1.85. The highest BCUT2D eigenvalue weighted by Crippen LogP contribution is 2.34. The van der Waals surface area contributed by atoms with Crippen LogP contribution in [0.1, 0.15) is 18.4 Å². The highest BCUT2D eigenvalue weighted by Gasteiger charge is 2.37. The van der Waals surface area contributed by atoms with Crippen LogP contribution in [0.15, 0.2) is 52.6 Å². The predicted octanol–water partition coefficient (Wildman–Crippen LogP) is 2.65. The number of nitrogens with zero attached hydrogens (tertiary/aromatic N) is 3. The van der Waals surface area contributed by atoms with E-state index >= 15 is 0 Å². The number of aliphatic imine (C=N–C) groups is 2. The van der Waals surface area contributed by atoms with Crippen LogP contribution < -0.4 is 25.1 Å². The van der Waals surface area contributed by atoms with Gasteiger partial charge in [-0.2, -0.15) is 0 Å². The summed E-state index contributed by atoms with van der Waals surface area (Å²) in [6, 6.07) is 11.5. The molecule has 30 heavy (non-hydrogen) atoms. The SMILES string of the molecule is COc1ccc(C2=NC3(CCNCC3)N=C2SCNOc2ccc(OC)nc2)cc1. The third-order valence-corrected chi connectivity index (χ3v) is 5.80. The molecule has 1 aromatic carbocycles. The first kappa shape index (κ1) is 20.6. The van der Waals surface area contributed by atoms with Crippen LogP contribution in [0.5, 0.6) is 17.4 Å². The van der Waals surface area contributed by atoms with Crippen LogP contribution >= 0.6 is 11.8 Å². The minimum Gasteiger partial charge on any atom is -0.497 e. The molecule has 0 saturated carbocycles. The fraction of sp³-hybridized carbons (Fsp3) is 0.381. The normalized spacial score (nSPS) is 17.4. The van der Waals surface area contributed by atoms with Crippen molar-refractivity contribution in [3.05, 3.63) is 48.2 Å². The first-order valence-electron chi connectivity index (χ1n) is 9.79. The second-order valence-corrected chi connectivity index (χ2v) is 7.87. The van der Waals surface area contributed by atoms with Gasteiger partial charge < -0.3 is 19.6 Å². The van der Waals surface area contributed by atoms with Crippen LogP contribution in [-0.2, 0) is 0 Å². The molecular weight excluding hydrogens is 402 g/mol. The molecular formula is C21H25N5O3S. The Labute approximate surface area is 180 Å². The summed E-state index contributed by atoms with van der Waals surface area (Å²) in [4.78, 5) is 19.8. The van der Waals surface area contributed by atoms with E-state index in [1.165, 1.54) is 0 Å². The molecule has 1 saturated heterocycles. The Hall–Kier alpha value is -2.62. The molecule has 2 aromatic rings. The summed E-state index contributed by atoms with van der Waals surface area (Å²) < 4.78 is 10.3.